The highest BCUT2D eigenvalue weighted by atomic mass is 35.5. The molecule has 1 N–H and O–H groups in total. The number of thioether (sulfide) groups is 1. The van der Waals surface area contributed by atoms with Crippen LogP contribution in [-0.2, 0) is 9.59 Å². The Kier molecular flexibility index (Phi) is 7.26. The van der Waals surface area contributed by atoms with Crippen LogP contribution >= 0.6 is 35.0 Å². The third kappa shape index (κ3) is 4.53. The van der Waals surface area contributed by atoms with Crippen LogP contribution in [0.2, 0.25) is 10.0 Å². The van der Waals surface area contributed by atoms with Crippen LogP contribution in [0.15, 0.2) is 23.1 Å². The van der Waals surface area contributed by atoms with Crippen molar-refractivity contribution >= 4 is 52.4 Å². The average molecular weight is 428 g/mol. The molecule has 0 aromatic heterocycles. The smallest absolute Gasteiger partial charge is 0.268 e. The molecule has 1 fully saturated rings. The molecule has 4 nitrogen and oxygen atoms in total. The fourth-order valence-corrected chi connectivity index (χ4v) is 5.12. The summed E-state index contributed by atoms with van der Waals surface area (Å²) in [5, 5.41) is 10.0. The van der Waals surface area contributed by atoms with Crippen molar-refractivity contribution in [2.24, 2.45) is 0 Å². The quantitative estimate of drug-likeness (QED) is 0.677. The summed E-state index contributed by atoms with van der Waals surface area (Å²) in [6, 6.07) is 4.86. The lowest BCUT2D eigenvalue weighted by atomic mass is 9.95. The lowest BCUT2D eigenvalue weighted by Crippen LogP contribution is -2.41. The van der Waals surface area contributed by atoms with Gasteiger partial charge in [-0.25, -0.2) is 0 Å². The van der Waals surface area contributed by atoms with E-state index in [1.807, 2.05) is 0 Å². The standard InChI is InChI=1S/C20H23Cl2NO3S/c21-13-8-9-15(16(22)12-13)17-18(27-11-10-24)20(26)23(19(17)25)14-6-4-2-1-3-5-7-14/h8-9,12,14,24H,1-7,10-11H2. The van der Waals surface area contributed by atoms with Gasteiger partial charge in [-0.05, 0) is 25.0 Å². The molecular weight excluding hydrogens is 405 g/mol. The number of nitrogens with zero attached hydrogens (tertiary/aromatic N) is 1. The van der Waals surface area contributed by atoms with Gasteiger partial charge in [0, 0.05) is 22.4 Å². The molecule has 0 saturated heterocycles. The summed E-state index contributed by atoms with van der Waals surface area (Å²) in [6.45, 7) is -0.0688. The lowest BCUT2D eigenvalue weighted by Gasteiger charge is -2.28. The van der Waals surface area contributed by atoms with Crippen LogP contribution < -0.4 is 0 Å². The van der Waals surface area contributed by atoms with Gasteiger partial charge >= 0.3 is 0 Å². The van der Waals surface area contributed by atoms with Crippen molar-refractivity contribution in [3.05, 3.63) is 38.7 Å². The van der Waals surface area contributed by atoms with E-state index in [2.05, 4.69) is 0 Å². The van der Waals surface area contributed by atoms with Crippen molar-refractivity contribution in [2.45, 2.75) is 51.0 Å². The van der Waals surface area contributed by atoms with E-state index in [0.29, 0.717) is 31.8 Å². The second-order valence-electron chi connectivity index (χ2n) is 6.88. The highest BCUT2D eigenvalue weighted by molar-refractivity contribution is 8.04. The van der Waals surface area contributed by atoms with E-state index in [9.17, 15) is 14.7 Å². The fraction of sp³-hybridized carbons (Fsp3) is 0.500. The number of aliphatic hydroxyl groups is 1. The normalized spacial score (nSPS) is 19.6. The molecule has 0 spiro atoms. The van der Waals surface area contributed by atoms with Crippen molar-refractivity contribution in [1.82, 2.24) is 4.90 Å². The molecule has 0 bridgehead atoms. The first-order chi connectivity index (χ1) is 13.0. The Morgan fingerprint density at radius 2 is 1.70 bits per heavy atom. The minimum absolute atomic E-state index is 0.0688. The van der Waals surface area contributed by atoms with E-state index < -0.39 is 0 Å². The molecular formula is C20H23Cl2NO3S. The van der Waals surface area contributed by atoms with Gasteiger partial charge < -0.3 is 5.11 Å². The summed E-state index contributed by atoms with van der Waals surface area (Å²) in [4.78, 5) is 28.3. The minimum Gasteiger partial charge on any atom is -0.396 e. The van der Waals surface area contributed by atoms with E-state index in [-0.39, 0.29) is 24.5 Å². The molecule has 2 amide bonds. The number of amides is 2. The van der Waals surface area contributed by atoms with E-state index in [0.717, 1.165) is 38.5 Å². The predicted octanol–water partition coefficient (Wildman–Crippen LogP) is 4.91. The zero-order chi connectivity index (χ0) is 19.4. The third-order valence-corrected chi connectivity index (χ3v) is 6.65. The van der Waals surface area contributed by atoms with E-state index in [1.54, 1.807) is 18.2 Å². The number of carbonyl (C=O) groups excluding carboxylic acids is 2. The van der Waals surface area contributed by atoms with Gasteiger partial charge in [0.2, 0.25) is 0 Å². The summed E-state index contributed by atoms with van der Waals surface area (Å²) in [6.07, 6.45) is 7.24. The molecule has 1 heterocycles. The van der Waals surface area contributed by atoms with Gasteiger partial charge in [-0.1, -0.05) is 61.4 Å². The molecule has 0 unspecified atom stereocenters. The summed E-state index contributed by atoms with van der Waals surface area (Å²) >= 11 is 13.6. The van der Waals surface area contributed by atoms with Crippen LogP contribution in [0.3, 0.4) is 0 Å². The number of hydrogen-bond acceptors (Lipinski definition) is 4. The van der Waals surface area contributed by atoms with Crippen molar-refractivity contribution in [2.75, 3.05) is 12.4 Å². The van der Waals surface area contributed by atoms with Crippen molar-refractivity contribution < 1.29 is 14.7 Å². The largest absolute Gasteiger partial charge is 0.396 e. The first kappa shape index (κ1) is 20.7. The van der Waals surface area contributed by atoms with Crippen LogP contribution in [-0.4, -0.2) is 40.2 Å². The molecule has 2 aliphatic rings. The Balaban J connectivity index is 1.98. The molecule has 1 aliphatic carbocycles. The topological polar surface area (TPSA) is 57.6 Å². The van der Waals surface area contributed by atoms with Crippen LogP contribution in [0.1, 0.15) is 50.5 Å². The summed E-state index contributed by atoms with van der Waals surface area (Å²) < 4.78 is 0. The van der Waals surface area contributed by atoms with E-state index in [1.165, 1.54) is 23.1 Å². The molecule has 0 atom stereocenters. The Hall–Kier alpha value is -1.01. The predicted molar refractivity (Wildman–Crippen MR) is 111 cm³/mol. The summed E-state index contributed by atoms with van der Waals surface area (Å²) in [5.41, 5.74) is 0.857. The number of hydrogen-bond donors (Lipinski definition) is 1. The Morgan fingerprint density at radius 1 is 1.04 bits per heavy atom. The summed E-state index contributed by atoms with van der Waals surface area (Å²) in [7, 11) is 0. The van der Waals surface area contributed by atoms with Gasteiger partial charge in [0.1, 0.15) is 0 Å². The number of imide groups is 1. The van der Waals surface area contributed by atoms with Crippen molar-refractivity contribution in [1.29, 1.82) is 0 Å². The SMILES string of the molecule is O=C1C(SCCO)=C(c2ccc(Cl)cc2Cl)C(=O)N1C1CCCCCCC1. The second kappa shape index (κ2) is 9.46. The van der Waals surface area contributed by atoms with Crippen molar-refractivity contribution in [3.8, 4) is 0 Å². The van der Waals surface area contributed by atoms with Gasteiger partial charge in [-0.2, -0.15) is 0 Å². The maximum atomic E-state index is 13.3. The monoisotopic (exact) mass is 427 g/mol. The average Bonchev–Trinajstić information content (AvgIpc) is 2.84. The minimum atomic E-state index is -0.282. The highest BCUT2D eigenvalue weighted by Gasteiger charge is 2.43. The molecule has 7 heteroatoms. The highest BCUT2D eigenvalue weighted by Crippen LogP contribution is 2.41. The maximum Gasteiger partial charge on any atom is 0.268 e. The van der Waals surface area contributed by atoms with Gasteiger partial charge in [0.15, 0.2) is 0 Å². The van der Waals surface area contributed by atoms with Crippen molar-refractivity contribution in [3.63, 3.8) is 0 Å². The number of halogens is 2. The van der Waals surface area contributed by atoms with Crippen LogP contribution in [0.5, 0.6) is 0 Å². The van der Waals surface area contributed by atoms with Gasteiger partial charge in [0.05, 0.1) is 22.1 Å². The van der Waals surface area contributed by atoms with Gasteiger partial charge in [-0.3, -0.25) is 14.5 Å². The second-order valence-corrected chi connectivity index (χ2v) is 8.83. The molecule has 1 aliphatic heterocycles. The molecule has 1 saturated carbocycles. The van der Waals surface area contributed by atoms with E-state index in [4.69, 9.17) is 23.2 Å². The first-order valence-electron chi connectivity index (χ1n) is 9.36. The maximum absolute atomic E-state index is 13.3. The molecule has 146 valence electrons. The zero-order valence-electron chi connectivity index (χ0n) is 15.0. The lowest BCUT2D eigenvalue weighted by molar-refractivity contribution is -0.139. The number of rotatable bonds is 5. The van der Waals surface area contributed by atoms with Crippen LogP contribution in [0, 0.1) is 0 Å². The molecule has 1 aromatic carbocycles. The molecule has 0 radical (unpaired) electrons. The number of benzene rings is 1. The number of aliphatic hydroxyl groups excluding tert-OH is 1. The molecule has 1 aromatic rings. The van der Waals surface area contributed by atoms with Crippen LogP contribution in [0.25, 0.3) is 5.57 Å². The number of carbonyl (C=O) groups is 2. The van der Waals surface area contributed by atoms with Crippen LogP contribution in [0.4, 0.5) is 0 Å². The Bertz CT molecular complexity index is 758. The van der Waals surface area contributed by atoms with Gasteiger partial charge in [-0.15, -0.1) is 11.8 Å². The molecule has 3 rings (SSSR count). The third-order valence-electron chi connectivity index (χ3n) is 5.05. The Morgan fingerprint density at radius 3 is 2.33 bits per heavy atom. The Labute approximate surface area is 173 Å². The summed E-state index contributed by atoms with van der Waals surface area (Å²) in [5.74, 6) is -0.193. The van der Waals surface area contributed by atoms with Gasteiger partial charge in [0.25, 0.3) is 11.8 Å². The van der Waals surface area contributed by atoms with E-state index >= 15 is 0 Å². The first-order valence-corrected chi connectivity index (χ1v) is 11.1. The zero-order valence-corrected chi connectivity index (χ0v) is 17.4. The molecule has 27 heavy (non-hydrogen) atoms. The fourth-order valence-electron chi connectivity index (χ4n) is 3.76.